The fraction of sp³-hybridized carbons (Fsp3) is 0.613. The topological polar surface area (TPSA) is 69.6 Å². The lowest BCUT2D eigenvalue weighted by atomic mass is 9.79. The maximum Gasteiger partial charge on any atom is 0.142 e. The molecule has 0 aromatic heterocycles. The van der Waals surface area contributed by atoms with Crippen molar-refractivity contribution < 1.29 is 28.8 Å². The van der Waals surface area contributed by atoms with Crippen LogP contribution in [0.4, 0.5) is 5.69 Å². The van der Waals surface area contributed by atoms with Crippen LogP contribution in [0.25, 0.3) is 0 Å². The van der Waals surface area contributed by atoms with Crippen LogP contribution in [0.1, 0.15) is 55.2 Å². The van der Waals surface area contributed by atoms with E-state index in [9.17, 15) is 5.11 Å². The van der Waals surface area contributed by atoms with Gasteiger partial charge in [-0.25, -0.2) is 0 Å². The summed E-state index contributed by atoms with van der Waals surface area (Å²) in [5.41, 5.74) is 4.84. The van der Waals surface area contributed by atoms with E-state index in [-0.39, 0.29) is 31.3 Å². The minimum Gasteiger partial charge on any atom is -0.490 e. The van der Waals surface area contributed by atoms with E-state index in [4.69, 9.17) is 23.7 Å². The van der Waals surface area contributed by atoms with Crippen LogP contribution >= 0.6 is 0 Å². The number of hydrogen-bond acceptors (Lipinski definition) is 7. The van der Waals surface area contributed by atoms with Gasteiger partial charge in [-0.3, -0.25) is 0 Å². The molecule has 0 bridgehead atoms. The standard InChI is InChI=1S/C31H45NO6/c1-4-23-9-12-25(13-10-23)31-29(7-5-8-30(31)38-22-26(33)21-35-3)37-20-24-11-14-28-27(19-24)32(16-18-36-28)15-6-17-34-2/h9-14,19,26,29-31,33H,4-8,15-18,20-22H2,1-3H3/t26-,29+,30-,31-/m1/s1. The fourth-order valence-corrected chi connectivity index (χ4v) is 5.62. The van der Waals surface area contributed by atoms with Gasteiger partial charge < -0.3 is 33.7 Å². The van der Waals surface area contributed by atoms with E-state index in [1.54, 1.807) is 14.2 Å². The molecular weight excluding hydrogens is 482 g/mol. The third-order valence-electron chi connectivity index (χ3n) is 7.64. The average molecular weight is 528 g/mol. The molecule has 1 saturated carbocycles. The molecule has 2 aliphatic rings. The summed E-state index contributed by atoms with van der Waals surface area (Å²) in [7, 11) is 3.34. The van der Waals surface area contributed by atoms with Gasteiger partial charge in [-0.05, 0) is 60.9 Å². The monoisotopic (exact) mass is 527 g/mol. The number of aliphatic hydroxyl groups is 1. The van der Waals surface area contributed by atoms with Crippen LogP contribution in [-0.2, 0) is 32.0 Å². The van der Waals surface area contributed by atoms with E-state index in [0.717, 1.165) is 68.8 Å². The fourth-order valence-electron chi connectivity index (χ4n) is 5.62. The van der Waals surface area contributed by atoms with Crippen LogP contribution in [0, 0.1) is 0 Å². The third kappa shape index (κ3) is 7.70. The van der Waals surface area contributed by atoms with Crippen molar-refractivity contribution in [2.45, 2.75) is 69.9 Å². The van der Waals surface area contributed by atoms with Gasteiger partial charge in [-0.1, -0.05) is 37.3 Å². The molecule has 1 heterocycles. The maximum atomic E-state index is 10.2. The Morgan fingerprint density at radius 2 is 1.74 bits per heavy atom. The molecule has 2 aromatic rings. The van der Waals surface area contributed by atoms with Crippen molar-refractivity contribution >= 4 is 5.69 Å². The first-order chi connectivity index (χ1) is 18.6. The molecule has 38 heavy (non-hydrogen) atoms. The van der Waals surface area contributed by atoms with Crippen molar-refractivity contribution in [1.82, 2.24) is 0 Å². The number of methoxy groups -OCH3 is 2. The van der Waals surface area contributed by atoms with Crippen molar-refractivity contribution in [3.8, 4) is 5.75 Å². The van der Waals surface area contributed by atoms with Gasteiger partial charge in [0.2, 0.25) is 0 Å². The minimum absolute atomic E-state index is 0.0130. The number of benzene rings is 2. The summed E-state index contributed by atoms with van der Waals surface area (Å²) in [5, 5.41) is 10.2. The number of aryl methyl sites for hydroxylation is 1. The van der Waals surface area contributed by atoms with Gasteiger partial charge in [0.15, 0.2) is 0 Å². The molecule has 2 aromatic carbocycles. The number of ether oxygens (including phenoxy) is 5. The summed E-state index contributed by atoms with van der Waals surface area (Å²) in [4.78, 5) is 2.38. The maximum absolute atomic E-state index is 10.2. The van der Waals surface area contributed by atoms with E-state index in [1.165, 1.54) is 11.1 Å². The molecule has 1 fully saturated rings. The second-order valence-corrected chi connectivity index (χ2v) is 10.4. The Hall–Kier alpha value is -2.16. The highest BCUT2D eigenvalue weighted by Gasteiger charge is 2.36. The lowest BCUT2D eigenvalue weighted by Crippen LogP contribution is -2.39. The van der Waals surface area contributed by atoms with Crippen LogP contribution in [0.3, 0.4) is 0 Å². The largest absolute Gasteiger partial charge is 0.490 e. The number of nitrogens with zero attached hydrogens (tertiary/aromatic N) is 1. The zero-order chi connectivity index (χ0) is 26.7. The van der Waals surface area contributed by atoms with Gasteiger partial charge in [0.05, 0.1) is 44.3 Å². The highest BCUT2D eigenvalue weighted by Crippen LogP contribution is 2.39. The van der Waals surface area contributed by atoms with Crippen molar-refractivity contribution in [1.29, 1.82) is 0 Å². The van der Waals surface area contributed by atoms with Gasteiger partial charge in [0.1, 0.15) is 18.5 Å². The van der Waals surface area contributed by atoms with Gasteiger partial charge in [0, 0.05) is 33.3 Å². The summed E-state index contributed by atoms with van der Waals surface area (Å²) in [6, 6.07) is 15.3. The van der Waals surface area contributed by atoms with Crippen molar-refractivity contribution in [3.63, 3.8) is 0 Å². The lowest BCUT2D eigenvalue weighted by molar-refractivity contribution is -0.0928. The normalized spacial score (nSPS) is 22.1. The molecule has 0 amide bonds. The Balaban J connectivity index is 1.47. The summed E-state index contributed by atoms with van der Waals surface area (Å²) in [6.07, 6.45) is 4.35. The lowest BCUT2D eigenvalue weighted by Gasteiger charge is -2.39. The first-order valence-electron chi connectivity index (χ1n) is 14.1. The first-order valence-corrected chi connectivity index (χ1v) is 14.1. The molecule has 0 unspecified atom stereocenters. The molecule has 210 valence electrons. The van der Waals surface area contributed by atoms with Crippen LogP contribution in [0.2, 0.25) is 0 Å². The Bertz CT molecular complexity index is 967. The van der Waals surface area contributed by atoms with E-state index >= 15 is 0 Å². The van der Waals surface area contributed by atoms with Crippen LogP contribution in [-0.4, -0.2) is 77.2 Å². The molecule has 0 spiro atoms. The minimum atomic E-state index is -0.631. The number of anilines is 1. The van der Waals surface area contributed by atoms with Gasteiger partial charge in [-0.15, -0.1) is 0 Å². The van der Waals surface area contributed by atoms with Crippen LogP contribution in [0.15, 0.2) is 42.5 Å². The Kier molecular flexibility index (Phi) is 11.3. The molecule has 7 nitrogen and oxygen atoms in total. The Labute approximate surface area is 228 Å². The third-order valence-corrected chi connectivity index (χ3v) is 7.64. The SMILES string of the molecule is CCc1ccc([C@@H]2[C@@H](OCc3ccc4c(c3)N(CCCOC)CCO4)CCC[C@H]2OC[C@H](O)COC)cc1. The number of rotatable bonds is 14. The zero-order valence-electron chi connectivity index (χ0n) is 23.3. The van der Waals surface area contributed by atoms with E-state index in [1.807, 2.05) is 0 Å². The first kappa shape index (κ1) is 28.8. The van der Waals surface area contributed by atoms with Crippen LogP contribution < -0.4 is 9.64 Å². The predicted molar refractivity (Wildman–Crippen MR) is 149 cm³/mol. The predicted octanol–water partition coefficient (Wildman–Crippen LogP) is 4.73. The van der Waals surface area contributed by atoms with Crippen LogP contribution in [0.5, 0.6) is 5.75 Å². The molecule has 0 radical (unpaired) electrons. The van der Waals surface area contributed by atoms with Crippen molar-refractivity contribution in [3.05, 3.63) is 59.2 Å². The second-order valence-electron chi connectivity index (χ2n) is 10.4. The van der Waals surface area contributed by atoms with E-state index < -0.39 is 6.10 Å². The van der Waals surface area contributed by atoms with Crippen molar-refractivity contribution in [2.75, 3.05) is 58.6 Å². The molecule has 4 rings (SSSR count). The molecule has 7 heteroatoms. The summed E-state index contributed by atoms with van der Waals surface area (Å²) in [6.45, 7) is 6.53. The number of fused-ring (bicyclic) bond motifs is 1. The quantitative estimate of drug-likeness (QED) is 0.356. The molecule has 0 saturated heterocycles. The smallest absolute Gasteiger partial charge is 0.142 e. The Morgan fingerprint density at radius 1 is 0.974 bits per heavy atom. The number of hydrogen-bond donors (Lipinski definition) is 1. The second kappa shape index (κ2) is 14.8. The van der Waals surface area contributed by atoms with Crippen molar-refractivity contribution in [2.24, 2.45) is 0 Å². The molecule has 1 aliphatic heterocycles. The summed E-state index contributed by atoms with van der Waals surface area (Å²) < 4.78 is 29.2. The molecule has 1 N–H and O–H groups in total. The Morgan fingerprint density at radius 3 is 2.47 bits per heavy atom. The molecular formula is C31H45NO6. The number of aliphatic hydroxyl groups excluding tert-OH is 1. The summed E-state index contributed by atoms with van der Waals surface area (Å²) in [5.74, 6) is 1.04. The average Bonchev–Trinajstić information content (AvgIpc) is 2.95. The van der Waals surface area contributed by atoms with Gasteiger partial charge in [0.25, 0.3) is 0 Å². The highest BCUT2D eigenvalue weighted by molar-refractivity contribution is 5.61. The molecule has 4 atom stereocenters. The molecule has 1 aliphatic carbocycles. The zero-order valence-corrected chi connectivity index (χ0v) is 23.3. The summed E-state index contributed by atoms with van der Waals surface area (Å²) >= 11 is 0. The van der Waals surface area contributed by atoms with Gasteiger partial charge in [-0.2, -0.15) is 0 Å². The van der Waals surface area contributed by atoms with Gasteiger partial charge >= 0.3 is 0 Å². The van der Waals surface area contributed by atoms with E-state index in [0.29, 0.717) is 13.2 Å². The highest BCUT2D eigenvalue weighted by atomic mass is 16.5. The van der Waals surface area contributed by atoms with E-state index in [2.05, 4.69) is 54.3 Å².